The van der Waals surface area contributed by atoms with Gasteiger partial charge in [0, 0.05) is 0 Å². The average Bonchev–Trinajstić information content (AvgIpc) is 2.56. The van der Waals surface area contributed by atoms with Gasteiger partial charge in [-0.15, -0.1) is 0 Å². The number of aliphatic carboxylic acids is 1. The molecule has 0 amide bonds. The summed E-state index contributed by atoms with van der Waals surface area (Å²) >= 11 is 0. The van der Waals surface area contributed by atoms with Gasteiger partial charge in [0.25, 0.3) is 0 Å². The van der Waals surface area contributed by atoms with E-state index < -0.39 is 60.2 Å². The van der Waals surface area contributed by atoms with Crippen molar-refractivity contribution in [1.82, 2.24) is 0 Å². The van der Waals surface area contributed by atoms with Gasteiger partial charge in [0.05, 0.1) is 12.2 Å². The number of hydrogen-bond acceptors (Lipinski definition) is 10. The van der Waals surface area contributed by atoms with E-state index in [1.165, 1.54) is 0 Å². The highest BCUT2D eigenvalue weighted by atomic mass is 16.4. The van der Waals surface area contributed by atoms with Gasteiger partial charge in [-0.05, 0) is 12.1 Å². The number of aromatic carboxylic acids is 1. The summed E-state index contributed by atoms with van der Waals surface area (Å²) in [4.78, 5) is 20.4. The molecule has 12 heteroatoms. The molecule has 25 heavy (non-hydrogen) atoms. The summed E-state index contributed by atoms with van der Waals surface area (Å²) in [5.41, 5.74) is -0.289. The molecule has 142 valence electrons. The number of carboxylic acids is 2. The maximum Gasteiger partial charge on any atom is 0.335 e. The summed E-state index contributed by atoms with van der Waals surface area (Å²) in [5.74, 6) is -5.06. The number of hydrogen-bond donors (Lipinski definition) is 10. The number of carbonyl (C=O) groups is 2. The molecule has 1 rings (SSSR count). The monoisotopic (exact) mass is 366 g/mol. The lowest BCUT2D eigenvalue weighted by Gasteiger charge is -2.23. The predicted molar refractivity (Wildman–Crippen MR) is 77.1 cm³/mol. The van der Waals surface area contributed by atoms with E-state index in [1.807, 2.05) is 0 Å². The van der Waals surface area contributed by atoms with Crippen LogP contribution >= 0.6 is 0 Å². The van der Waals surface area contributed by atoms with Gasteiger partial charge in [0.1, 0.15) is 18.3 Å². The zero-order chi connectivity index (χ0) is 19.9. The number of phenolic OH excluding ortho intramolecular Hbond substituents is 3. The van der Waals surface area contributed by atoms with Gasteiger partial charge in [0.15, 0.2) is 23.4 Å². The summed E-state index contributed by atoms with van der Waals surface area (Å²) < 4.78 is 0. The van der Waals surface area contributed by atoms with Gasteiger partial charge < -0.3 is 51.1 Å². The second-order valence-corrected chi connectivity index (χ2v) is 4.68. The molecule has 4 atom stereocenters. The second-order valence-electron chi connectivity index (χ2n) is 4.68. The molecule has 1 aromatic carbocycles. The third-order valence-electron chi connectivity index (χ3n) is 2.82. The van der Waals surface area contributed by atoms with Crippen LogP contribution in [0.4, 0.5) is 0 Å². The Labute approximate surface area is 139 Å². The number of aromatic hydroxyl groups is 3. The van der Waals surface area contributed by atoms with Gasteiger partial charge in [-0.3, -0.25) is 0 Å². The van der Waals surface area contributed by atoms with Crippen molar-refractivity contribution in [2.75, 3.05) is 6.61 Å². The molecule has 10 N–H and O–H groups in total. The Kier molecular flexibility index (Phi) is 8.59. The van der Waals surface area contributed by atoms with Crippen LogP contribution in [-0.2, 0) is 4.79 Å². The summed E-state index contributed by atoms with van der Waals surface area (Å²) in [7, 11) is 0. The zero-order valence-corrected chi connectivity index (χ0v) is 12.5. The zero-order valence-electron chi connectivity index (χ0n) is 12.5. The number of aliphatic hydroxyl groups excluding tert-OH is 5. The van der Waals surface area contributed by atoms with Crippen LogP contribution in [0.25, 0.3) is 0 Å². The van der Waals surface area contributed by atoms with Crippen LogP contribution in [0, 0.1) is 0 Å². The molecule has 0 aliphatic carbocycles. The van der Waals surface area contributed by atoms with Crippen molar-refractivity contribution in [1.29, 1.82) is 0 Å². The summed E-state index contributed by atoms with van der Waals surface area (Å²) in [5, 5.41) is 86.8. The summed E-state index contributed by atoms with van der Waals surface area (Å²) in [6.45, 7) is -0.843. The van der Waals surface area contributed by atoms with Crippen LogP contribution in [0.5, 0.6) is 17.2 Å². The Balaban J connectivity index is 0.000000462. The number of benzene rings is 1. The Morgan fingerprint density at radius 2 is 1.32 bits per heavy atom. The largest absolute Gasteiger partial charge is 0.504 e. The first-order valence-corrected chi connectivity index (χ1v) is 6.48. The average molecular weight is 366 g/mol. The lowest BCUT2D eigenvalue weighted by molar-refractivity contribution is -0.164. The van der Waals surface area contributed by atoms with E-state index in [1.54, 1.807) is 0 Å². The molecule has 0 saturated heterocycles. The molecule has 1 aromatic rings. The second kappa shape index (κ2) is 9.61. The third-order valence-corrected chi connectivity index (χ3v) is 2.82. The third kappa shape index (κ3) is 6.40. The van der Waals surface area contributed by atoms with E-state index in [9.17, 15) is 9.59 Å². The number of phenols is 3. The molecule has 0 radical (unpaired) electrons. The number of rotatable bonds is 6. The fraction of sp³-hybridized carbons (Fsp3) is 0.385. The summed E-state index contributed by atoms with van der Waals surface area (Å²) in [6.07, 6.45) is -7.84. The molecular weight excluding hydrogens is 348 g/mol. The van der Waals surface area contributed by atoms with E-state index >= 15 is 0 Å². The van der Waals surface area contributed by atoms with Gasteiger partial charge in [-0.1, -0.05) is 0 Å². The van der Waals surface area contributed by atoms with Crippen molar-refractivity contribution in [2.45, 2.75) is 24.4 Å². The van der Waals surface area contributed by atoms with E-state index in [0.29, 0.717) is 0 Å². The van der Waals surface area contributed by atoms with Crippen LogP contribution in [0.2, 0.25) is 0 Å². The highest BCUT2D eigenvalue weighted by Crippen LogP contribution is 2.35. The molecule has 12 nitrogen and oxygen atoms in total. The van der Waals surface area contributed by atoms with Crippen molar-refractivity contribution >= 4 is 11.9 Å². The van der Waals surface area contributed by atoms with Crippen LogP contribution in [0.1, 0.15) is 10.4 Å². The molecule has 0 heterocycles. The van der Waals surface area contributed by atoms with E-state index in [0.717, 1.165) is 12.1 Å². The molecule has 0 saturated carbocycles. The standard InChI is InChI=1S/C7H6O5.C6H12O7/c8-4-1-3(7(11)12)2-5(9)6(4)10;7-1-2(8)3(9)4(10)5(11)6(12)13/h1-2,8-10H,(H,11,12);2-5,7-11H,1H2,(H,12,13)/t;2-,3-,4+,5-/m.1/s1. The molecule has 0 fully saturated rings. The lowest BCUT2D eigenvalue weighted by atomic mass is 10.0. The molecule has 0 aromatic heterocycles. The Hall–Kier alpha value is -2.64. The molecule has 0 aliphatic rings. The normalized spacial score (nSPS) is 15.2. The first-order valence-electron chi connectivity index (χ1n) is 6.48. The topological polar surface area (TPSA) is 236 Å². The van der Waals surface area contributed by atoms with Crippen molar-refractivity contribution in [3.8, 4) is 17.2 Å². The van der Waals surface area contributed by atoms with Crippen molar-refractivity contribution in [2.24, 2.45) is 0 Å². The first-order chi connectivity index (χ1) is 11.4. The molecule has 0 bridgehead atoms. The minimum absolute atomic E-state index is 0.289. The first kappa shape index (κ1) is 22.4. The van der Waals surface area contributed by atoms with Gasteiger partial charge in [-0.2, -0.15) is 0 Å². The van der Waals surface area contributed by atoms with E-state index in [4.69, 9.17) is 51.1 Å². The fourth-order valence-electron chi connectivity index (χ4n) is 1.40. The SMILES string of the molecule is O=C(O)[C@H](O)[C@@H](O)[C@H](O)[C@H](O)CO.O=C(O)c1cc(O)c(O)c(O)c1. The van der Waals surface area contributed by atoms with Crippen LogP contribution in [0.15, 0.2) is 12.1 Å². The highest BCUT2D eigenvalue weighted by Gasteiger charge is 2.33. The lowest BCUT2D eigenvalue weighted by Crippen LogP contribution is -2.48. The number of carboxylic acid groups (broad SMARTS) is 2. The summed E-state index contributed by atoms with van der Waals surface area (Å²) in [6, 6.07) is 1.69. The van der Waals surface area contributed by atoms with Crippen LogP contribution in [-0.4, -0.2) is 94.0 Å². The maximum atomic E-state index is 10.3. The predicted octanol–water partition coefficient (Wildman–Crippen LogP) is -2.99. The quantitative estimate of drug-likeness (QED) is 0.227. The Bertz CT molecular complexity index is 578. The minimum Gasteiger partial charge on any atom is -0.504 e. The van der Waals surface area contributed by atoms with Gasteiger partial charge in [0.2, 0.25) is 0 Å². The van der Waals surface area contributed by atoms with Gasteiger partial charge >= 0.3 is 11.9 Å². The van der Waals surface area contributed by atoms with Crippen LogP contribution < -0.4 is 0 Å². The minimum atomic E-state index is -2.20. The molecule has 0 unspecified atom stereocenters. The number of aliphatic hydroxyl groups is 5. The van der Waals surface area contributed by atoms with Gasteiger partial charge in [-0.25, -0.2) is 9.59 Å². The fourth-order valence-corrected chi connectivity index (χ4v) is 1.40. The van der Waals surface area contributed by atoms with Crippen molar-refractivity contribution in [3.05, 3.63) is 17.7 Å². The molecule has 0 spiro atoms. The van der Waals surface area contributed by atoms with E-state index in [2.05, 4.69) is 0 Å². The van der Waals surface area contributed by atoms with E-state index in [-0.39, 0.29) is 5.56 Å². The molecular formula is C13H18O12. The highest BCUT2D eigenvalue weighted by molar-refractivity contribution is 5.89. The van der Waals surface area contributed by atoms with Crippen molar-refractivity contribution < 1.29 is 60.7 Å². The Morgan fingerprint density at radius 1 is 0.880 bits per heavy atom. The Morgan fingerprint density at radius 3 is 1.64 bits per heavy atom. The molecule has 0 aliphatic heterocycles. The maximum absolute atomic E-state index is 10.3. The smallest absolute Gasteiger partial charge is 0.335 e. The van der Waals surface area contributed by atoms with Crippen molar-refractivity contribution in [3.63, 3.8) is 0 Å². The van der Waals surface area contributed by atoms with Crippen LogP contribution in [0.3, 0.4) is 0 Å².